The van der Waals surface area contributed by atoms with Gasteiger partial charge in [0.1, 0.15) is 0 Å². The third kappa shape index (κ3) is 17.7. The summed E-state index contributed by atoms with van der Waals surface area (Å²) < 4.78 is 34.8. The van der Waals surface area contributed by atoms with Gasteiger partial charge in [-0.2, -0.15) is 0 Å². The molecule has 162 valence electrons. The fourth-order valence-electron chi connectivity index (χ4n) is 1.57. The highest BCUT2D eigenvalue weighted by atomic mass is 32.2. The minimum absolute atomic E-state index is 0.600. The molecule has 28 heavy (non-hydrogen) atoms. The first-order chi connectivity index (χ1) is 13.2. The summed E-state index contributed by atoms with van der Waals surface area (Å²) in [5.41, 5.74) is 2.91. The minimum atomic E-state index is -3.14. The standard InChI is InChI=1S/C8H11NO2S.C8H10OS.3C2H6/c1-7-3-5-8(6-4-7)9-12(2,10)11;1-7-3-5-8(6-4-7)10(2)9;3*1-2/h3-6,9H,1-2H3;3-6H,1-2H3;3*1-2H3. The molecule has 0 spiro atoms. The van der Waals surface area contributed by atoms with Gasteiger partial charge in [0, 0.05) is 27.6 Å². The number of anilines is 1. The summed E-state index contributed by atoms with van der Waals surface area (Å²) >= 11 is 0. The molecule has 6 heteroatoms. The van der Waals surface area contributed by atoms with Gasteiger partial charge in [-0.3, -0.25) is 8.93 Å². The van der Waals surface area contributed by atoms with Crippen LogP contribution in [0.25, 0.3) is 0 Å². The molecule has 0 fully saturated rings. The van der Waals surface area contributed by atoms with Crippen molar-refractivity contribution in [2.24, 2.45) is 0 Å². The van der Waals surface area contributed by atoms with Crippen molar-refractivity contribution in [1.82, 2.24) is 0 Å². The third-order valence-electron chi connectivity index (χ3n) is 2.71. The first-order valence-electron chi connectivity index (χ1n) is 9.62. The molecule has 2 aromatic carbocycles. The van der Waals surface area contributed by atoms with E-state index < -0.39 is 20.8 Å². The Balaban J connectivity index is -0.000000355. The van der Waals surface area contributed by atoms with E-state index in [4.69, 9.17) is 0 Å². The van der Waals surface area contributed by atoms with Crippen molar-refractivity contribution < 1.29 is 12.6 Å². The van der Waals surface area contributed by atoms with Crippen molar-refractivity contribution in [3.05, 3.63) is 59.7 Å². The fraction of sp³-hybridized carbons (Fsp3) is 0.455. The van der Waals surface area contributed by atoms with Crippen LogP contribution >= 0.6 is 0 Å². The van der Waals surface area contributed by atoms with Crippen LogP contribution in [0, 0.1) is 13.8 Å². The van der Waals surface area contributed by atoms with Crippen molar-refractivity contribution in [1.29, 1.82) is 0 Å². The van der Waals surface area contributed by atoms with Gasteiger partial charge in [0.05, 0.1) is 6.26 Å². The first-order valence-corrected chi connectivity index (χ1v) is 13.1. The van der Waals surface area contributed by atoms with Gasteiger partial charge in [0.15, 0.2) is 0 Å². The molecule has 2 aromatic rings. The molecule has 0 aliphatic carbocycles. The molecule has 0 heterocycles. The van der Waals surface area contributed by atoms with E-state index in [0.29, 0.717) is 5.69 Å². The maximum absolute atomic E-state index is 10.9. The lowest BCUT2D eigenvalue weighted by atomic mass is 10.2. The first kappa shape index (κ1) is 31.0. The van der Waals surface area contributed by atoms with Gasteiger partial charge in [-0.1, -0.05) is 76.9 Å². The fourth-order valence-corrected chi connectivity index (χ4v) is 2.65. The van der Waals surface area contributed by atoms with Crippen LogP contribution in [0.1, 0.15) is 52.7 Å². The molecule has 4 nitrogen and oxygen atoms in total. The molecular weight excluding hydrogens is 390 g/mol. The van der Waals surface area contributed by atoms with E-state index >= 15 is 0 Å². The Labute approximate surface area is 176 Å². The number of hydrogen-bond donors (Lipinski definition) is 1. The molecule has 0 radical (unpaired) electrons. The van der Waals surface area contributed by atoms with Crippen molar-refractivity contribution in [2.75, 3.05) is 17.2 Å². The predicted octanol–water partition coefficient (Wildman–Crippen LogP) is 6.18. The van der Waals surface area contributed by atoms with Crippen LogP contribution in [0.3, 0.4) is 0 Å². The van der Waals surface area contributed by atoms with Crippen LogP contribution in [0.2, 0.25) is 0 Å². The average Bonchev–Trinajstić information content (AvgIpc) is 2.68. The zero-order chi connectivity index (χ0) is 22.8. The van der Waals surface area contributed by atoms with E-state index in [2.05, 4.69) is 4.72 Å². The summed E-state index contributed by atoms with van der Waals surface area (Å²) in [7, 11) is -3.98. The van der Waals surface area contributed by atoms with Gasteiger partial charge in [-0.15, -0.1) is 0 Å². The molecular formula is C22H39NO3S2. The zero-order valence-electron chi connectivity index (χ0n) is 19.2. The molecule has 0 saturated carbocycles. The van der Waals surface area contributed by atoms with Crippen molar-refractivity contribution in [2.45, 2.75) is 60.3 Å². The van der Waals surface area contributed by atoms with Crippen molar-refractivity contribution >= 4 is 26.5 Å². The summed E-state index contributed by atoms with van der Waals surface area (Å²) in [5.74, 6) is 0. The summed E-state index contributed by atoms with van der Waals surface area (Å²) in [5, 5.41) is 0. The topological polar surface area (TPSA) is 63.2 Å². The minimum Gasteiger partial charge on any atom is -0.284 e. The number of rotatable bonds is 3. The summed E-state index contributed by atoms with van der Waals surface area (Å²) in [6.45, 7) is 16.0. The van der Waals surface area contributed by atoms with Crippen LogP contribution in [0.4, 0.5) is 5.69 Å². The molecule has 1 unspecified atom stereocenters. The molecule has 0 aliphatic rings. The van der Waals surface area contributed by atoms with Crippen LogP contribution in [0.5, 0.6) is 0 Å². The second-order valence-electron chi connectivity index (χ2n) is 5.01. The molecule has 2 rings (SSSR count). The van der Waals surface area contributed by atoms with Crippen molar-refractivity contribution in [3.8, 4) is 0 Å². The van der Waals surface area contributed by atoms with Gasteiger partial charge < -0.3 is 0 Å². The monoisotopic (exact) mass is 429 g/mol. The van der Waals surface area contributed by atoms with Crippen molar-refractivity contribution in [3.63, 3.8) is 0 Å². The SMILES string of the molecule is CC.CC.CC.Cc1ccc(NS(C)(=O)=O)cc1.Cc1ccc(S(C)=O)cc1. The Morgan fingerprint density at radius 1 is 0.714 bits per heavy atom. The second-order valence-corrected chi connectivity index (χ2v) is 8.14. The highest BCUT2D eigenvalue weighted by Crippen LogP contribution is 2.09. The van der Waals surface area contributed by atoms with Gasteiger partial charge >= 0.3 is 0 Å². The Morgan fingerprint density at radius 3 is 1.32 bits per heavy atom. The molecule has 0 aromatic heterocycles. The summed E-state index contributed by atoms with van der Waals surface area (Å²) in [6.07, 6.45) is 2.82. The van der Waals surface area contributed by atoms with E-state index in [-0.39, 0.29) is 0 Å². The molecule has 0 aliphatic heterocycles. The largest absolute Gasteiger partial charge is 0.284 e. The van der Waals surface area contributed by atoms with Gasteiger partial charge in [0.25, 0.3) is 0 Å². The van der Waals surface area contributed by atoms with Crippen LogP contribution in [0.15, 0.2) is 53.4 Å². The number of benzene rings is 2. The maximum atomic E-state index is 10.9. The van der Waals surface area contributed by atoms with Gasteiger partial charge in [0.2, 0.25) is 10.0 Å². The average molecular weight is 430 g/mol. The highest BCUT2D eigenvalue weighted by molar-refractivity contribution is 7.92. The smallest absolute Gasteiger partial charge is 0.229 e. The van der Waals surface area contributed by atoms with E-state index in [1.165, 1.54) is 5.56 Å². The highest BCUT2D eigenvalue weighted by Gasteiger charge is 1.99. The lowest BCUT2D eigenvalue weighted by Crippen LogP contribution is -2.09. The molecule has 1 N–H and O–H groups in total. The van der Waals surface area contributed by atoms with Crippen LogP contribution in [-0.4, -0.2) is 25.1 Å². The number of sulfonamides is 1. The second kappa shape index (κ2) is 18.7. The normalized spacial score (nSPS) is 10.1. The number of nitrogens with one attached hydrogen (secondary N) is 1. The van der Waals surface area contributed by atoms with E-state index in [9.17, 15) is 12.6 Å². The van der Waals surface area contributed by atoms with E-state index in [1.807, 2.05) is 91.8 Å². The molecule has 0 saturated heterocycles. The zero-order valence-corrected chi connectivity index (χ0v) is 20.8. The Hall–Kier alpha value is -1.66. The Kier molecular flexibility index (Phi) is 20.7. The van der Waals surface area contributed by atoms with Crippen LogP contribution < -0.4 is 4.72 Å². The van der Waals surface area contributed by atoms with E-state index in [0.717, 1.165) is 16.7 Å². The molecule has 0 amide bonds. The van der Waals surface area contributed by atoms with Crippen LogP contribution in [-0.2, 0) is 20.8 Å². The van der Waals surface area contributed by atoms with Gasteiger partial charge in [-0.05, 0) is 38.1 Å². The number of aryl methyl sites for hydroxylation is 2. The molecule has 1 atom stereocenters. The molecule has 0 bridgehead atoms. The maximum Gasteiger partial charge on any atom is 0.229 e. The van der Waals surface area contributed by atoms with Gasteiger partial charge in [-0.25, -0.2) is 8.42 Å². The Morgan fingerprint density at radius 2 is 1.04 bits per heavy atom. The summed E-state index contributed by atoms with van der Waals surface area (Å²) in [4.78, 5) is 0.894. The lowest BCUT2D eigenvalue weighted by molar-refractivity contribution is 0.607. The predicted molar refractivity (Wildman–Crippen MR) is 127 cm³/mol. The Bertz CT molecular complexity index is 723. The van der Waals surface area contributed by atoms with E-state index in [1.54, 1.807) is 18.4 Å². The quantitative estimate of drug-likeness (QED) is 0.634. The number of hydrogen-bond acceptors (Lipinski definition) is 3. The lowest BCUT2D eigenvalue weighted by Gasteiger charge is -2.02. The summed E-state index contributed by atoms with van der Waals surface area (Å²) in [6, 6.07) is 14.9. The third-order valence-corrected chi connectivity index (χ3v) is 4.25.